The zero-order valence-electron chi connectivity index (χ0n) is 13.8. The van der Waals surface area contributed by atoms with Crippen LogP contribution in [0, 0.1) is 5.41 Å². The van der Waals surface area contributed by atoms with E-state index in [1.165, 1.54) is 0 Å². The summed E-state index contributed by atoms with van der Waals surface area (Å²) in [5.74, 6) is -0.213. The predicted molar refractivity (Wildman–Crippen MR) is 90.9 cm³/mol. The van der Waals surface area contributed by atoms with Crippen molar-refractivity contribution in [2.75, 3.05) is 31.6 Å². The van der Waals surface area contributed by atoms with Gasteiger partial charge in [-0.2, -0.15) is 0 Å². The van der Waals surface area contributed by atoms with Gasteiger partial charge in [0.05, 0.1) is 23.8 Å². The molecule has 1 fully saturated rings. The van der Waals surface area contributed by atoms with Crippen LogP contribution in [0.25, 0.3) is 0 Å². The van der Waals surface area contributed by atoms with Crippen LogP contribution >= 0.6 is 11.6 Å². The molecule has 0 atom stereocenters. The highest BCUT2D eigenvalue weighted by molar-refractivity contribution is 6.34. The Kier molecular flexibility index (Phi) is 5.65. The van der Waals surface area contributed by atoms with Crippen LogP contribution in [-0.2, 0) is 9.53 Å². The Morgan fingerprint density at radius 2 is 1.91 bits per heavy atom. The number of anilines is 1. The topological polar surface area (TPSA) is 58.6 Å². The number of benzene rings is 1. The summed E-state index contributed by atoms with van der Waals surface area (Å²) in [5, 5.41) is 3.22. The molecule has 0 aromatic heterocycles. The second-order valence-corrected chi connectivity index (χ2v) is 7.29. The molecule has 0 aliphatic carbocycles. The number of morpholine rings is 1. The normalized spacial score (nSPS) is 15.4. The Morgan fingerprint density at radius 1 is 1.26 bits per heavy atom. The second-order valence-electron chi connectivity index (χ2n) is 6.88. The van der Waals surface area contributed by atoms with Crippen molar-refractivity contribution in [1.82, 2.24) is 4.90 Å². The number of nitrogens with zero attached hydrogens (tertiary/aromatic N) is 1. The molecule has 1 N–H and O–H groups in total. The largest absolute Gasteiger partial charge is 0.378 e. The van der Waals surface area contributed by atoms with Crippen LogP contribution in [0.3, 0.4) is 0 Å². The Bertz CT molecular complexity index is 590. The molecule has 0 radical (unpaired) electrons. The van der Waals surface area contributed by atoms with Crippen molar-refractivity contribution in [3.05, 3.63) is 28.8 Å². The average molecular weight is 339 g/mol. The van der Waals surface area contributed by atoms with Gasteiger partial charge in [-0.1, -0.05) is 32.4 Å². The molecular formula is C17H23ClN2O3. The molecule has 0 bridgehead atoms. The standard InChI is InChI=1S/C17H23ClN2O3/c1-17(2,3)11-15(21)19-12-4-5-14(18)13(10-12)16(22)20-6-8-23-9-7-20/h4-5,10H,6-9,11H2,1-3H3,(H,19,21). The minimum Gasteiger partial charge on any atom is -0.378 e. The summed E-state index contributed by atoms with van der Waals surface area (Å²) in [7, 11) is 0. The van der Waals surface area contributed by atoms with Gasteiger partial charge in [-0.3, -0.25) is 9.59 Å². The first-order valence-electron chi connectivity index (χ1n) is 7.73. The molecule has 2 amide bonds. The van der Waals surface area contributed by atoms with E-state index in [2.05, 4.69) is 5.32 Å². The molecular weight excluding hydrogens is 316 g/mol. The maximum Gasteiger partial charge on any atom is 0.255 e. The molecule has 1 aromatic rings. The number of hydrogen-bond acceptors (Lipinski definition) is 3. The lowest BCUT2D eigenvalue weighted by Crippen LogP contribution is -2.40. The molecule has 1 aliphatic rings. The van der Waals surface area contributed by atoms with E-state index in [0.29, 0.717) is 49.0 Å². The maximum atomic E-state index is 12.6. The number of halogens is 1. The maximum absolute atomic E-state index is 12.6. The van der Waals surface area contributed by atoms with E-state index < -0.39 is 0 Å². The number of carbonyl (C=O) groups is 2. The van der Waals surface area contributed by atoms with E-state index >= 15 is 0 Å². The van der Waals surface area contributed by atoms with E-state index in [9.17, 15) is 9.59 Å². The summed E-state index contributed by atoms with van der Waals surface area (Å²) in [4.78, 5) is 26.3. The van der Waals surface area contributed by atoms with Gasteiger partial charge in [0, 0.05) is 25.2 Å². The summed E-state index contributed by atoms with van der Waals surface area (Å²) < 4.78 is 5.25. The Morgan fingerprint density at radius 3 is 2.52 bits per heavy atom. The monoisotopic (exact) mass is 338 g/mol. The first kappa shape index (κ1) is 17.8. The van der Waals surface area contributed by atoms with E-state index in [1.807, 2.05) is 20.8 Å². The van der Waals surface area contributed by atoms with Gasteiger partial charge < -0.3 is 15.0 Å². The molecule has 6 heteroatoms. The molecule has 23 heavy (non-hydrogen) atoms. The molecule has 1 heterocycles. The van der Waals surface area contributed by atoms with Crippen molar-refractivity contribution in [2.24, 2.45) is 5.41 Å². The quantitative estimate of drug-likeness (QED) is 0.920. The van der Waals surface area contributed by atoms with Crippen molar-refractivity contribution in [3.63, 3.8) is 0 Å². The highest BCUT2D eigenvalue weighted by atomic mass is 35.5. The Labute approximate surface area is 141 Å². The minimum absolute atomic E-state index is 0.0791. The van der Waals surface area contributed by atoms with E-state index in [4.69, 9.17) is 16.3 Å². The third kappa shape index (κ3) is 5.22. The van der Waals surface area contributed by atoms with Crippen molar-refractivity contribution in [3.8, 4) is 0 Å². The fraction of sp³-hybridized carbons (Fsp3) is 0.529. The third-order valence-corrected chi connectivity index (χ3v) is 3.80. The Balaban J connectivity index is 2.12. The highest BCUT2D eigenvalue weighted by Gasteiger charge is 2.22. The predicted octanol–water partition coefficient (Wildman–Crippen LogP) is 3.19. The Hall–Kier alpha value is -1.59. The zero-order chi connectivity index (χ0) is 17.0. The number of ether oxygens (including phenoxy) is 1. The first-order valence-corrected chi connectivity index (χ1v) is 8.10. The first-order chi connectivity index (χ1) is 10.8. The lowest BCUT2D eigenvalue weighted by atomic mass is 9.92. The van der Waals surface area contributed by atoms with Crippen molar-refractivity contribution in [1.29, 1.82) is 0 Å². The molecule has 0 saturated carbocycles. The van der Waals surface area contributed by atoms with Crippen LogP contribution in [0.2, 0.25) is 5.02 Å². The third-order valence-electron chi connectivity index (χ3n) is 3.47. The van der Waals surface area contributed by atoms with Crippen molar-refractivity contribution in [2.45, 2.75) is 27.2 Å². The number of carbonyl (C=O) groups excluding carboxylic acids is 2. The van der Waals surface area contributed by atoms with E-state index in [-0.39, 0.29) is 17.2 Å². The molecule has 1 aromatic carbocycles. The number of rotatable bonds is 3. The summed E-state index contributed by atoms with van der Waals surface area (Å²) >= 11 is 6.16. The van der Waals surface area contributed by atoms with Crippen LogP contribution in [0.15, 0.2) is 18.2 Å². The van der Waals surface area contributed by atoms with Crippen LogP contribution in [0.4, 0.5) is 5.69 Å². The molecule has 126 valence electrons. The number of hydrogen-bond donors (Lipinski definition) is 1. The van der Waals surface area contributed by atoms with E-state index in [0.717, 1.165) is 0 Å². The van der Waals surface area contributed by atoms with Gasteiger partial charge in [-0.15, -0.1) is 0 Å². The molecule has 5 nitrogen and oxygen atoms in total. The van der Waals surface area contributed by atoms with Crippen LogP contribution in [0.5, 0.6) is 0 Å². The van der Waals surface area contributed by atoms with Crippen LogP contribution < -0.4 is 5.32 Å². The van der Waals surface area contributed by atoms with Gasteiger partial charge in [0.2, 0.25) is 5.91 Å². The van der Waals surface area contributed by atoms with E-state index in [1.54, 1.807) is 23.1 Å². The highest BCUT2D eigenvalue weighted by Crippen LogP contribution is 2.24. The minimum atomic E-state index is -0.134. The van der Waals surface area contributed by atoms with Gasteiger partial charge in [-0.05, 0) is 23.6 Å². The molecule has 1 saturated heterocycles. The molecule has 0 unspecified atom stereocenters. The van der Waals surface area contributed by atoms with Gasteiger partial charge in [-0.25, -0.2) is 0 Å². The lowest BCUT2D eigenvalue weighted by Gasteiger charge is -2.27. The van der Waals surface area contributed by atoms with Gasteiger partial charge >= 0.3 is 0 Å². The van der Waals surface area contributed by atoms with Crippen molar-refractivity contribution < 1.29 is 14.3 Å². The molecule has 0 spiro atoms. The van der Waals surface area contributed by atoms with Crippen molar-refractivity contribution >= 4 is 29.1 Å². The number of nitrogens with one attached hydrogen (secondary N) is 1. The summed E-state index contributed by atoms with van der Waals surface area (Å²) in [5.41, 5.74) is 0.894. The van der Waals surface area contributed by atoms with Crippen LogP contribution in [0.1, 0.15) is 37.6 Å². The SMILES string of the molecule is CC(C)(C)CC(=O)Nc1ccc(Cl)c(C(=O)N2CCOCC2)c1. The zero-order valence-corrected chi connectivity index (χ0v) is 14.6. The van der Waals surface area contributed by atoms with Gasteiger partial charge in [0.15, 0.2) is 0 Å². The number of amides is 2. The summed E-state index contributed by atoms with van der Waals surface area (Å²) in [6.45, 7) is 8.17. The van der Waals surface area contributed by atoms with Crippen LogP contribution in [-0.4, -0.2) is 43.0 Å². The summed E-state index contributed by atoms with van der Waals surface area (Å²) in [6.07, 6.45) is 0.405. The second kappa shape index (κ2) is 7.32. The smallest absolute Gasteiger partial charge is 0.255 e. The van der Waals surface area contributed by atoms with Gasteiger partial charge in [0.25, 0.3) is 5.91 Å². The summed E-state index contributed by atoms with van der Waals surface area (Å²) in [6, 6.07) is 4.99. The fourth-order valence-electron chi connectivity index (χ4n) is 2.39. The average Bonchev–Trinajstić information content (AvgIpc) is 2.47. The molecule has 2 rings (SSSR count). The lowest BCUT2D eigenvalue weighted by molar-refractivity contribution is -0.117. The molecule has 1 aliphatic heterocycles. The fourth-order valence-corrected chi connectivity index (χ4v) is 2.59. The van der Waals surface area contributed by atoms with Gasteiger partial charge in [0.1, 0.15) is 0 Å².